The van der Waals surface area contributed by atoms with Gasteiger partial charge in [-0.2, -0.15) is 0 Å². The molecular formula is C52H100O6. The molecule has 0 radical (unpaired) electrons. The Morgan fingerprint density at radius 3 is 0.741 bits per heavy atom. The van der Waals surface area contributed by atoms with Gasteiger partial charge in [-0.15, -0.1) is 0 Å². The third-order valence-electron chi connectivity index (χ3n) is 11.6. The monoisotopic (exact) mass is 821 g/mol. The molecule has 1 atom stereocenters. The van der Waals surface area contributed by atoms with Crippen LogP contribution in [-0.2, 0) is 28.6 Å². The van der Waals surface area contributed by atoms with Gasteiger partial charge in [-0.25, -0.2) is 0 Å². The minimum atomic E-state index is -0.762. The molecular weight excluding hydrogens is 721 g/mol. The fourth-order valence-corrected chi connectivity index (χ4v) is 7.76. The van der Waals surface area contributed by atoms with Crippen LogP contribution < -0.4 is 0 Å². The van der Waals surface area contributed by atoms with Crippen molar-refractivity contribution in [3.63, 3.8) is 0 Å². The van der Waals surface area contributed by atoms with Crippen molar-refractivity contribution in [1.29, 1.82) is 0 Å². The van der Waals surface area contributed by atoms with Crippen molar-refractivity contribution in [1.82, 2.24) is 0 Å². The third-order valence-corrected chi connectivity index (χ3v) is 11.6. The lowest BCUT2D eigenvalue weighted by molar-refractivity contribution is -0.167. The summed E-state index contributed by atoms with van der Waals surface area (Å²) in [6, 6.07) is 0. The van der Waals surface area contributed by atoms with Crippen molar-refractivity contribution in [2.45, 2.75) is 285 Å². The molecule has 0 aliphatic rings. The molecule has 0 spiro atoms. The van der Waals surface area contributed by atoms with Crippen molar-refractivity contribution in [2.75, 3.05) is 13.2 Å². The highest BCUT2D eigenvalue weighted by Gasteiger charge is 2.19. The average Bonchev–Trinajstić information content (AvgIpc) is 3.18. The van der Waals surface area contributed by atoms with E-state index in [2.05, 4.69) is 41.5 Å². The first kappa shape index (κ1) is 56.4. The molecule has 0 aromatic carbocycles. The molecule has 0 rings (SSSR count). The second kappa shape index (κ2) is 43.5. The van der Waals surface area contributed by atoms with Crippen molar-refractivity contribution in [3.8, 4) is 0 Å². The summed E-state index contributed by atoms with van der Waals surface area (Å²) in [4.78, 5) is 37.9. The molecule has 0 heterocycles. The number of hydrogen-bond acceptors (Lipinski definition) is 6. The highest BCUT2D eigenvalue weighted by molar-refractivity contribution is 5.71. The van der Waals surface area contributed by atoms with Crippen LogP contribution in [-0.4, -0.2) is 37.2 Å². The van der Waals surface area contributed by atoms with Crippen LogP contribution in [0.2, 0.25) is 0 Å². The molecule has 0 aliphatic heterocycles. The van der Waals surface area contributed by atoms with Gasteiger partial charge in [0.2, 0.25) is 0 Å². The molecule has 0 aliphatic carbocycles. The Morgan fingerprint density at radius 2 is 0.500 bits per heavy atom. The Kier molecular flexibility index (Phi) is 42.3. The molecule has 0 bridgehead atoms. The standard InChI is InChI=1S/C52H100O6/c1-46(2)38-32-26-20-14-9-7-11-17-23-29-35-41-50(53)56-44-49(45-57-51(54)42-36-30-24-19-13-16-22-28-34-40-48(5)6)58-52(55)43-37-31-25-18-12-8-10-15-21-27-33-39-47(3)4/h46-49H,7-45H2,1-6H3/t49-/m0/s1. The molecule has 0 aromatic heterocycles. The summed E-state index contributed by atoms with van der Waals surface area (Å²) >= 11 is 0. The Balaban J connectivity index is 4.33. The predicted molar refractivity (Wildman–Crippen MR) is 247 cm³/mol. The van der Waals surface area contributed by atoms with Gasteiger partial charge in [0, 0.05) is 19.3 Å². The summed E-state index contributed by atoms with van der Waals surface area (Å²) in [5.41, 5.74) is 0. The lowest BCUT2D eigenvalue weighted by Crippen LogP contribution is -2.30. The predicted octanol–water partition coefficient (Wildman–Crippen LogP) is 16.4. The Hall–Kier alpha value is -1.59. The van der Waals surface area contributed by atoms with E-state index in [1.165, 1.54) is 161 Å². The lowest BCUT2D eigenvalue weighted by atomic mass is 10.0. The zero-order chi connectivity index (χ0) is 42.7. The van der Waals surface area contributed by atoms with Gasteiger partial charge < -0.3 is 14.2 Å². The van der Waals surface area contributed by atoms with Crippen LogP contribution in [0.1, 0.15) is 279 Å². The Bertz CT molecular complexity index is 898. The maximum atomic E-state index is 12.8. The van der Waals surface area contributed by atoms with Gasteiger partial charge in [-0.3, -0.25) is 14.4 Å². The van der Waals surface area contributed by atoms with Gasteiger partial charge in [0.25, 0.3) is 0 Å². The number of unbranched alkanes of at least 4 members (excludes halogenated alkanes) is 28. The Morgan fingerprint density at radius 1 is 0.293 bits per heavy atom. The van der Waals surface area contributed by atoms with E-state index in [0.29, 0.717) is 19.3 Å². The highest BCUT2D eigenvalue weighted by Crippen LogP contribution is 2.17. The zero-order valence-corrected chi connectivity index (χ0v) is 39.8. The van der Waals surface area contributed by atoms with E-state index in [9.17, 15) is 14.4 Å². The quantitative estimate of drug-likeness (QED) is 0.0346. The van der Waals surface area contributed by atoms with Crippen LogP contribution in [0.15, 0.2) is 0 Å². The summed E-state index contributed by atoms with van der Waals surface area (Å²) < 4.78 is 16.8. The molecule has 0 fully saturated rings. The molecule has 0 saturated heterocycles. The summed E-state index contributed by atoms with van der Waals surface area (Å²) in [5.74, 6) is 1.61. The molecule has 0 saturated carbocycles. The highest BCUT2D eigenvalue weighted by atomic mass is 16.6. The molecule has 58 heavy (non-hydrogen) atoms. The maximum Gasteiger partial charge on any atom is 0.306 e. The van der Waals surface area contributed by atoms with E-state index in [-0.39, 0.29) is 31.1 Å². The van der Waals surface area contributed by atoms with E-state index < -0.39 is 6.10 Å². The first-order valence-corrected chi connectivity index (χ1v) is 25.6. The van der Waals surface area contributed by atoms with Crippen molar-refractivity contribution in [3.05, 3.63) is 0 Å². The molecule has 0 amide bonds. The van der Waals surface area contributed by atoms with Crippen LogP contribution >= 0.6 is 0 Å². The topological polar surface area (TPSA) is 78.9 Å². The molecule has 0 N–H and O–H groups in total. The lowest BCUT2D eigenvalue weighted by Gasteiger charge is -2.18. The van der Waals surface area contributed by atoms with Gasteiger partial charge in [-0.05, 0) is 37.0 Å². The van der Waals surface area contributed by atoms with Crippen LogP contribution in [0.4, 0.5) is 0 Å². The molecule has 0 aromatic rings. The fraction of sp³-hybridized carbons (Fsp3) is 0.942. The van der Waals surface area contributed by atoms with Crippen molar-refractivity contribution < 1.29 is 28.6 Å². The average molecular weight is 821 g/mol. The molecule has 6 nitrogen and oxygen atoms in total. The zero-order valence-electron chi connectivity index (χ0n) is 39.8. The largest absolute Gasteiger partial charge is 0.462 e. The Labute approximate surface area is 361 Å². The van der Waals surface area contributed by atoms with E-state index in [0.717, 1.165) is 75.5 Å². The van der Waals surface area contributed by atoms with Gasteiger partial charge in [-0.1, -0.05) is 241 Å². The normalized spacial score (nSPS) is 12.2. The second-order valence-electron chi connectivity index (χ2n) is 19.2. The maximum absolute atomic E-state index is 12.8. The van der Waals surface area contributed by atoms with Crippen molar-refractivity contribution >= 4 is 17.9 Å². The van der Waals surface area contributed by atoms with Gasteiger partial charge in [0.1, 0.15) is 13.2 Å². The van der Waals surface area contributed by atoms with Gasteiger partial charge >= 0.3 is 17.9 Å². The number of ether oxygens (including phenoxy) is 3. The molecule has 6 heteroatoms. The number of esters is 3. The van der Waals surface area contributed by atoms with Crippen LogP contribution in [0, 0.1) is 17.8 Å². The second-order valence-corrected chi connectivity index (χ2v) is 19.2. The summed E-state index contributed by atoms with van der Waals surface area (Å²) in [5, 5.41) is 0. The van der Waals surface area contributed by atoms with Gasteiger partial charge in [0.15, 0.2) is 6.10 Å². The fourth-order valence-electron chi connectivity index (χ4n) is 7.76. The summed E-state index contributed by atoms with van der Waals surface area (Å²) in [6.45, 7) is 13.7. The number of rotatable bonds is 45. The number of carbonyl (C=O) groups excluding carboxylic acids is 3. The summed E-state index contributed by atoms with van der Waals surface area (Å²) in [7, 11) is 0. The van der Waals surface area contributed by atoms with E-state index in [1.807, 2.05) is 0 Å². The first-order chi connectivity index (χ1) is 28.1. The van der Waals surface area contributed by atoms with Crippen molar-refractivity contribution in [2.24, 2.45) is 17.8 Å². The van der Waals surface area contributed by atoms with E-state index in [1.54, 1.807) is 0 Å². The molecule has 0 unspecified atom stereocenters. The third kappa shape index (κ3) is 45.5. The minimum absolute atomic E-state index is 0.0650. The first-order valence-electron chi connectivity index (χ1n) is 25.6. The van der Waals surface area contributed by atoms with E-state index >= 15 is 0 Å². The van der Waals surface area contributed by atoms with Crippen LogP contribution in [0.5, 0.6) is 0 Å². The minimum Gasteiger partial charge on any atom is -0.462 e. The number of hydrogen-bond donors (Lipinski definition) is 0. The molecule has 344 valence electrons. The SMILES string of the molecule is CC(C)CCCCCCCCCCCCCC(=O)OC[C@@H](COC(=O)CCCCCCCCCCCC(C)C)OC(=O)CCCCCCCCCCCCCC(C)C. The van der Waals surface area contributed by atoms with E-state index in [4.69, 9.17) is 14.2 Å². The van der Waals surface area contributed by atoms with Crippen LogP contribution in [0.25, 0.3) is 0 Å². The summed E-state index contributed by atoms with van der Waals surface area (Å²) in [6.07, 6.45) is 42.3. The number of carbonyl (C=O) groups is 3. The van der Waals surface area contributed by atoms with Gasteiger partial charge in [0.05, 0.1) is 0 Å². The smallest absolute Gasteiger partial charge is 0.306 e. The van der Waals surface area contributed by atoms with Crippen LogP contribution in [0.3, 0.4) is 0 Å².